The number of rotatable bonds is 4. The van der Waals surface area contributed by atoms with Crippen LogP contribution in [0.4, 0.5) is 0 Å². The fourth-order valence-corrected chi connectivity index (χ4v) is 2.83. The predicted octanol–water partition coefficient (Wildman–Crippen LogP) is 1.82. The Morgan fingerprint density at radius 2 is 1.91 bits per heavy atom. The van der Waals surface area contributed by atoms with Crippen molar-refractivity contribution in [3.63, 3.8) is 0 Å². The van der Waals surface area contributed by atoms with E-state index < -0.39 is 18.2 Å². The van der Waals surface area contributed by atoms with Gasteiger partial charge >= 0.3 is 5.97 Å². The minimum atomic E-state index is -0.855. The van der Waals surface area contributed by atoms with Gasteiger partial charge in [-0.25, -0.2) is 4.79 Å². The van der Waals surface area contributed by atoms with Gasteiger partial charge in [-0.1, -0.05) is 25.0 Å². The van der Waals surface area contributed by atoms with Crippen LogP contribution in [0.5, 0.6) is 11.5 Å². The Hall–Kier alpha value is -2.24. The van der Waals surface area contributed by atoms with Crippen molar-refractivity contribution in [3.05, 3.63) is 24.3 Å². The van der Waals surface area contributed by atoms with Gasteiger partial charge in [0.05, 0.1) is 0 Å². The van der Waals surface area contributed by atoms with Crippen LogP contribution in [0.2, 0.25) is 0 Å². The highest BCUT2D eigenvalue weighted by atomic mass is 16.6. The summed E-state index contributed by atoms with van der Waals surface area (Å²) in [4.78, 5) is 24.2. The fourth-order valence-electron chi connectivity index (χ4n) is 2.83. The fraction of sp³-hybridized carbons (Fsp3) is 0.529. The lowest BCUT2D eigenvalue weighted by Crippen LogP contribution is -2.44. The molecule has 2 aliphatic rings. The lowest BCUT2D eigenvalue weighted by Gasteiger charge is -2.26. The van der Waals surface area contributed by atoms with Crippen LogP contribution >= 0.6 is 0 Å². The van der Waals surface area contributed by atoms with Gasteiger partial charge in [-0.3, -0.25) is 4.79 Å². The Balaban J connectivity index is 1.51. The molecule has 1 heterocycles. The third-order valence-corrected chi connectivity index (χ3v) is 4.14. The van der Waals surface area contributed by atoms with Crippen molar-refractivity contribution >= 4 is 11.9 Å². The first kappa shape index (κ1) is 15.6. The molecular formula is C17H21NO5. The standard InChI is InChI=1S/C17H21NO5/c1-11(16(19)18-12-6-2-3-7-12)22-17(20)15-10-21-13-8-4-5-9-14(13)23-15/h4-5,8-9,11-12,15H,2-3,6-7,10H2,1H3,(H,18,19)/t11-,15-/m1/s1. The maximum Gasteiger partial charge on any atom is 0.351 e. The average molecular weight is 319 g/mol. The van der Waals surface area contributed by atoms with Crippen LogP contribution in [0.15, 0.2) is 24.3 Å². The first-order valence-corrected chi connectivity index (χ1v) is 8.03. The SMILES string of the molecule is C[C@@H](OC(=O)[C@H]1COc2ccccc2O1)C(=O)NC1CCCC1. The van der Waals surface area contributed by atoms with Crippen LogP contribution < -0.4 is 14.8 Å². The largest absolute Gasteiger partial charge is 0.485 e. The zero-order valence-corrected chi connectivity index (χ0v) is 13.1. The number of esters is 1. The topological polar surface area (TPSA) is 73.9 Å². The number of benzene rings is 1. The van der Waals surface area contributed by atoms with E-state index in [-0.39, 0.29) is 18.6 Å². The van der Waals surface area contributed by atoms with Crippen LogP contribution in [0.1, 0.15) is 32.6 Å². The molecule has 2 atom stereocenters. The van der Waals surface area contributed by atoms with E-state index in [9.17, 15) is 9.59 Å². The van der Waals surface area contributed by atoms with Crippen molar-refractivity contribution in [2.24, 2.45) is 0 Å². The number of carbonyl (C=O) groups excluding carboxylic acids is 2. The molecule has 1 aliphatic heterocycles. The van der Waals surface area contributed by atoms with Gasteiger partial charge < -0.3 is 19.5 Å². The van der Waals surface area contributed by atoms with Crippen LogP contribution in [0.3, 0.4) is 0 Å². The Labute approximate surface area is 135 Å². The van der Waals surface area contributed by atoms with E-state index in [2.05, 4.69) is 5.32 Å². The second-order valence-electron chi connectivity index (χ2n) is 5.93. The number of hydrogen-bond donors (Lipinski definition) is 1. The van der Waals surface area contributed by atoms with Gasteiger partial charge in [-0.15, -0.1) is 0 Å². The van der Waals surface area contributed by atoms with Gasteiger partial charge in [0, 0.05) is 6.04 Å². The molecule has 6 nitrogen and oxygen atoms in total. The van der Waals surface area contributed by atoms with Gasteiger partial charge in [-0.05, 0) is 31.9 Å². The molecule has 1 aromatic carbocycles. The lowest BCUT2D eigenvalue weighted by molar-refractivity contribution is -0.163. The van der Waals surface area contributed by atoms with E-state index in [1.807, 2.05) is 6.07 Å². The average Bonchev–Trinajstić information content (AvgIpc) is 3.07. The molecule has 0 unspecified atom stereocenters. The van der Waals surface area contributed by atoms with E-state index in [1.165, 1.54) is 0 Å². The highest BCUT2D eigenvalue weighted by molar-refractivity contribution is 5.85. The normalized spacial score (nSPS) is 21.5. The molecule has 23 heavy (non-hydrogen) atoms. The quantitative estimate of drug-likeness (QED) is 0.857. The van der Waals surface area contributed by atoms with E-state index in [4.69, 9.17) is 14.2 Å². The van der Waals surface area contributed by atoms with Crippen molar-refractivity contribution in [2.75, 3.05) is 6.61 Å². The molecule has 0 spiro atoms. The van der Waals surface area contributed by atoms with Crippen molar-refractivity contribution < 1.29 is 23.8 Å². The molecule has 1 N–H and O–H groups in total. The molecule has 1 aliphatic carbocycles. The summed E-state index contributed by atoms with van der Waals surface area (Å²) in [5, 5.41) is 2.91. The molecule has 6 heteroatoms. The van der Waals surface area contributed by atoms with E-state index in [1.54, 1.807) is 25.1 Å². The summed E-state index contributed by atoms with van der Waals surface area (Å²) in [6, 6.07) is 7.33. The molecule has 124 valence electrons. The van der Waals surface area contributed by atoms with Gasteiger partial charge in [0.15, 0.2) is 17.6 Å². The molecule has 0 bridgehead atoms. The number of nitrogens with one attached hydrogen (secondary N) is 1. The van der Waals surface area contributed by atoms with Gasteiger partial charge in [0.25, 0.3) is 5.91 Å². The summed E-state index contributed by atoms with van der Waals surface area (Å²) in [7, 11) is 0. The second-order valence-corrected chi connectivity index (χ2v) is 5.93. The number of hydrogen-bond acceptors (Lipinski definition) is 5. The summed E-state index contributed by atoms with van der Waals surface area (Å²) in [5.74, 6) is 0.253. The third-order valence-electron chi connectivity index (χ3n) is 4.14. The zero-order chi connectivity index (χ0) is 16.2. The van der Waals surface area contributed by atoms with E-state index >= 15 is 0 Å². The molecule has 0 radical (unpaired) electrons. The minimum Gasteiger partial charge on any atom is -0.485 e. The molecule has 1 amide bonds. The molecule has 1 aromatic rings. The van der Waals surface area contributed by atoms with Gasteiger partial charge in [0.2, 0.25) is 6.10 Å². The molecule has 1 saturated carbocycles. The van der Waals surface area contributed by atoms with Gasteiger partial charge in [-0.2, -0.15) is 0 Å². The maximum atomic E-state index is 12.2. The highest BCUT2D eigenvalue weighted by Gasteiger charge is 2.31. The summed E-state index contributed by atoms with van der Waals surface area (Å²) >= 11 is 0. The first-order chi connectivity index (χ1) is 11.1. The van der Waals surface area contributed by atoms with E-state index in [0.29, 0.717) is 11.5 Å². The number of fused-ring (bicyclic) bond motifs is 1. The molecule has 0 saturated heterocycles. The van der Waals surface area contributed by atoms with Crippen molar-refractivity contribution in [2.45, 2.75) is 50.9 Å². The number of carbonyl (C=O) groups is 2. The summed E-state index contributed by atoms with van der Waals surface area (Å²) < 4.78 is 16.3. The van der Waals surface area contributed by atoms with E-state index in [0.717, 1.165) is 25.7 Å². The first-order valence-electron chi connectivity index (χ1n) is 8.03. The van der Waals surface area contributed by atoms with Crippen molar-refractivity contribution in [3.8, 4) is 11.5 Å². The van der Waals surface area contributed by atoms with Crippen LogP contribution in [0.25, 0.3) is 0 Å². The summed E-state index contributed by atoms with van der Waals surface area (Å²) in [6.07, 6.45) is 2.54. The Morgan fingerprint density at radius 3 is 2.65 bits per heavy atom. The predicted molar refractivity (Wildman–Crippen MR) is 82.3 cm³/mol. The number of para-hydroxylation sites is 2. The maximum absolute atomic E-state index is 12.2. The molecule has 0 aromatic heterocycles. The Kier molecular flexibility index (Phi) is 4.69. The van der Waals surface area contributed by atoms with Crippen LogP contribution in [-0.4, -0.2) is 36.7 Å². The summed E-state index contributed by atoms with van der Waals surface area (Å²) in [5.41, 5.74) is 0. The lowest BCUT2D eigenvalue weighted by atomic mass is 10.2. The zero-order valence-electron chi connectivity index (χ0n) is 13.1. The summed E-state index contributed by atoms with van der Waals surface area (Å²) in [6.45, 7) is 1.65. The monoisotopic (exact) mass is 319 g/mol. The number of ether oxygens (including phenoxy) is 3. The minimum absolute atomic E-state index is 0.0762. The number of amides is 1. The smallest absolute Gasteiger partial charge is 0.351 e. The Morgan fingerprint density at radius 1 is 1.22 bits per heavy atom. The molecule has 1 fully saturated rings. The van der Waals surface area contributed by atoms with Gasteiger partial charge in [0.1, 0.15) is 6.61 Å². The van der Waals surface area contributed by atoms with Crippen LogP contribution in [0, 0.1) is 0 Å². The third kappa shape index (κ3) is 3.75. The molecular weight excluding hydrogens is 298 g/mol. The molecule has 3 rings (SSSR count). The second kappa shape index (κ2) is 6.89. The van der Waals surface area contributed by atoms with Crippen molar-refractivity contribution in [1.82, 2.24) is 5.32 Å². The highest BCUT2D eigenvalue weighted by Crippen LogP contribution is 2.31. The van der Waals surface area contributed by atoms with Crippen molar-refractivity contribution in [1.29, 1.82) is 0 Å². The Bertz CT molecular complexity index is 582. The van der Waals surface area contributed by atoms with Crippen LogP contribution in [-0.2, 0) is 14.3 Å².